The van der Waals surface area contributed by atoms with Gasteiger partial charge in [-0.25, -0.2) is 9.37 Å². The summed E-state index contributed by atoms with van der Waals surface area (Å²) in [5.41, 5.74) is 7.00. The lowest BCUT2D eigenvalue weighted by Gasteiger charge is -2.40. The summed E-state index contributed by atoms with van der Waals surface area (Å²) in [6.07, 6.45) is 1.49. The van der Waals surface area contributed by atoms with Crippen LogP contribution in [0.2, 0.25) is 36.3 Å². The van der Waals surface area contributed by atoms with Crippen LogP contribution >= 0.6 is 0 Å². The molecule has 4 rings (SSSR count). The van der Waals surface area contributed by atoms with E-state index in [1.165, 1.54) is 24.3 Å². The Hall–Kier alpha value is -2.39. The maximum absolute atomic E-state index is 13.4. The van der Waals surface area contributed by atoms with Crippen molar-refractivity contribution in [3.63, 3.8) is 0 Å². The first-order valence-electron chi connectivity index (χ1n) is 13.8. The van der Waals surface area contributed by atoms with Crippen LogP contribution in [0.5, 0.6) is 11.6 Å². The molecule has 2 aromatic heterocycles. The molecule has 12 heteroatoms. The molecule has 3 aromatic rings. The van der Waals surface area contributed by atoms with Crippen molar-refractivity contribution in [2.24, 2.45) is 0 Å². The summed E-state index contributed by atoms with van der Waals surface area (Å²) < 4.78 is 41.3. The molecule has 0 bridgehead atoms. The number of hydrogen-bond acceptors (Lipinski definition) is 8. The highest BCUT2D eigenvalue weighted by Gasteiger charge is 2.47. The molecule has 1 fully saturated rings. The largest absolute Gasteiger partial charge is 0.437 e. The maximum atomic E-state index is 13.4. The van der Waals surface area contributed by atoms with E-state index in [1.807, 2.05) is 4.57 Å². The third-order valence-electron chi connectivity index (χ3n) is 8.59. The predicted molar refractivity (Wildman–Crippen MR) is 160 cm³/mol. The SMILES string of the molecule is CC(C)(C)[Si](C)(C)OC[C@H]1O[C@@H](n2cnc3c(Oc4ccc(F)cc4)nc(N)nc32)C[C@@H]1O[Si](C)(C)C(C)(C)C. The van der Waals surface area contributed by atoms with E-state index in [1.54, 1.807) is 6.33 Å². The van der Waals surface area contributed by atoms with Crippen molar-refractivity contribution in [3.05, 3.63) is 36.4 Å². The smallest absolute Gasteiger partial charge is 0.252 e. The third-order valence-corrected chi connectivity index (χ3v) is 17.6. The highest BCUT2D eigenvalue weighted by Crippen LogP contribution is 2.43. The molecule has 0 spiro atoms. The van der Waals surface area contributed by atoms with Crippen molar-refractivity contribution in [1.29, 1.82) is 0 Å². The number of ether oxygens (including phenoxy) is 2. The third kappa shape index (κ3) is 6.41. The molecule has 0 amide bonds. The summed E-state index contributed by atoms with van der Waals surface area (Å²) in [5.74, 6) is 0.288. The average molecular weight is 590 g/mol. The van der Waals surface area contributed by atoms with Crippen molar-refractivity contribution < 1.29 is 22.7 Å². The van der Waals surface area contributed by atoms with Crippen molar-refractivity contribution in [1.82, 2.24) is 19.5 Å². The van der Waals surface area contributed by atoms with Gasteiger partial charge in [0.15, 0.2) is 27.8 Å². The second-order valence-corrected chi connectivity index (χ2v) is 23.2. The highest BCUT2D eigenvalue weighted by atomic mass is 28.4. The van der Waals surface area contributed by atoms with Crippen LogP contribution in [0.4, 0.5) is 10.3 Å². The molecule has 3 atom stereocenters. The molecular weight excluding hydrogens is 546 g/mol. The van der Waals surface area contributed by atoms with Gasteiger partial charge in [-0.2, -0.15) is 9.97 Å². The lowest BCUT2D eigenvalue weighted by molar-refractivity contribution is -0.0383. The summed E-state index contributed by atoms with van der Waals surface area (Å²) in [4.78, 5) is 13.3. The molecule has 0 saturated carbocycles. The Bertz CT molecular complexity index is 1340. The number of nitrogen functional groups attached to an aromatic ring is 1. The topological polar surface area (TPSA) is 107 Å². The molecule has 9 nitrogen and oxygen atoms in total. The second-order valence-electron chi connectivity index (χ2n) is 13.6. The molecule has 0 radical (unpaired) electrons. The number of halogens is 1. The Morgan fingerprint density at radius 3 is 2.23 bits per heavy atom. The van der Waals surface area contributed by atoms with Crippen LogP contribution in [0.15, 0.2) is 30.6 Å². The van der Waals surface area contributed by atoms with Crippen molar-refractivity contribution >= 4 is 33.7 Å². The molecule has 0 unspecified atom stereocenters. The van der Waals surface area contributed by atoms with E-state index < -0.39 is 16.6 Å². The first-order valence-corrected chi connectivity index (χ1v) is 19.6. The second kappa shape index (κ2) is 10.8. The summed E-state index contributed by atoms with van der Waals surface area (Å²) in [7, 11) is -4.10. The van der Waals surface area contributed by atoms with Gasteiger partial charge in [0.05, 0.1) is 19.0 Å². The molecule has 3 heterocycles. The summed E-state index contributed by atoms with van der Waals surface area (Å²) in [6, 6.07) is 5.67. The van der Waals surface area contributed by atoms with E-state index in [-0.39, 0.29) is 46.2 Å². The minimum absolute atomic E-state index is 0.0382. The molecule has 1 aliphatic heterocycles. The lowest BCUT2D eigenvalue weighted by atomic mass is 10.2. The van der Waals surface area contributed by atoms with E-state index in [0.717, 1.165) is 0 Å². The maximum Gasteiger partial charge on any atom is 0.252 e. The fourth-order valence-corrected chi connectivity index (χ4v) is 6.38. The quantitative estimate of drug-likeness (QED) is 0.279. The van der Waals surface area contributed by atoms with Gasteiger partial charge in [-0.3, -0.25) is 4.57 Å². The standard InChI is InChI=1S/C28H44FN5O4Si2/c1-27(2,3)39(7,8)35-16-21-20(38-40(9,10)28(4,5)6)15-22(37-21)34-17-31-23-24(34)32-26(30)33-25(23)36-19-13-11-18(29)12-14-19/h11-14,17,20-22H,15-16H2,1-10H3,(H2,30,32,33)/t20-,21+,22+/m0/s1. The number of rotatable bonds is 8. The summed E-state index contributed by atoms with van der Waals surface area (Å²) in [5, 5.41) is 0.128. The number of benzene rings is 1. The van der Waals surface area contributed by atoms with Crippen LogP contribution in [-0.2, 0) is 13.6 Å². The lowest BCUT2D eigenvalue weighted by Crippen LogP contribution is -2.48. The number of nitrogens with zero attached hydrogens (tertiary/aromatic N) is 4. The number of aromatic nitrogens is 4. The molecule has 1 saturated heterocycles. The van der Waals surface area contributed by atoms with E-state index in [0.29, 0.717) is 29.9 Å². The zero-order valence-corrected chi connectivity index (χ0v) is 27.4. The van der Waals surface area contributed by atoms with Crippen molar-refractivity contribution in [3.8, 4) is 11.6 Å². The van der Waals surface area contributed by atoms with Gasteiger partial charge in [0.1, 0.15) is 23.9 Å². The number of anilines is 1. The van der Waals surface area contributed by atoms with Gasteiger partial charge in [0.2, 0.25) is 5.95 Å². The first-order chi connectivity index (χ1) is 18.4. The van der Waals surface area contributed by atoms with Crippen LogP contribution in [0.3, 0.4) is 0 Å². The number of imidazole rings is 1. The minimum Gasteiger partial charge on any atom is -0.437 e. The molecule has 1 aromatic carbocycles. The first kappa shape index (κ1) is 30.6. The Morgan fingerprint density at radius 2 is 1.62 bits per heavy atom. The summed E-state index contributed by atoms with van der Waals surface area (Å²) >= 11 is 0. The number of hydrogen-bond donors (Lipinski definition) is 1. The van der Waals surface area contributed by atoms with Crippen LogP contribution in [0.25, 0.3) is 11.2 Å². The van der Waals surface area contributed by atoms with Gasteiger partial charge < -0.3 is 24.1 Å². The minimum atomic E-state index is -2.10. The number of fused-ring (bicyclic) bond motifs is 1. The van der Waals surface area contributed by atoms with Gasteiger partial charge in [0, 0.05) is 6.42 Å². The Balaban J connectivity index is 1.64. The van der Waals surface area contributed by atoms with Crippen LogP contribution in [-0.4, -0.2) is 55.0 Å². The molecule has 220 valence electrons. The van der Waals surface area contributed by atoms with Gasteiger partial charge in [-0.15, -0.1) is 0 Å². The molecule has 40 heavy (non-hydrogen) atoms. The highest BCUT2D eigenvalue weighted by molar-refractivity contribution is 6.74. The molecular formula is C28H44FN5O4Si2. The molecule has 1 aliphatic rings. The Kier molecular flexibility index (Phi) is 8.24. The van der Waals surface area contributed by atoms with Crippen molar-refractivity contribution in [2.45, 2.75) is 103 Å². The van der Waals surface area contributed by atoms with E-state index in [9.17, 15) is 4.39 Å². The van der Waals surface area contributed by atoms with Crippen LogP contribution in [0, 0.1) is 5.82 Å². The Labute approximate surface area is 238 Å². The van der Waals surface area contributed by atoms with Gasteiger partial charge in [0.25, 0.3) is 5.88 Å². The van der Waals surface area contributed by atoms with Gasteiger partial charge >= 0.3 is 0 Å². The summed E-state index contributed by atoms with van der Waals surface area (Å²) in [6.45, 7) is 22.9. The number of nitrogens with two attached hydrogens (primary N) is 1. The van der Waals surface area contributed by atoms with Crippen LogP contribution in [0.1, 0.15) is 54.2 Å². The fourth-order valence-electron chi connectivity index (χ4n) is 4.01. The molecule has 2 N–H and O–H groups in total. The fraction of sp³-hybridized carbons (Fsp3) is 0.607. The zero-order chi connectivity index (χ0) is 29.7. The normalized spacial score (nSPS) is 20.8. The monoisotopic (exact) mass is 589 g/mol. The van der Waals surface area contributed by atoms with E-state index in [2.05, 4.69) is 82.7 Å². The Morgan fingerprint density at radius 1 is 1.00 bits per heavy atom. The average Bonchev–Trinajstić information content (AvgIpc) is 3.41. The van der Waals surface area contributed by atoms with Gasteiger partial charge in [-0.05, 0) is 60.5 Å². The van der Waals surface area contributed by atoms with Crippen molar-refractivity contribution in [2.75, 3.05) is 12.3 Å². The molecule has 0 aliphatic carbocycles. The van der Waals surface area contributed by atoms with E-state index in [4.69, 9.17) is 24.1 Å². The predicted octanol–water partition coefficient (Wildman–Crippen LogP) is 7.04. The van der Waals surface area contributed by atoms with Crippen LogP contribution < -0.4 is 10.5 Å². The zero-order valence-electron chi connectivity index (χ0n) is 25.4. The van der Waals surface area contributed by atoms with Gasteiger partial charge in [-0.1, -0.05) is 41.5 Å². The van der Waals surface area contributed by atoms with E-state index >= 15 is 0 Å².